The van der Waals surface area contributed by atoms with E-state index in [1.165, 1.54) is 5.56 Å². The number of likely N-dealkylation sites (tertiary alicyclic amines) is 1. The van der Waals surface area contributed by atoms with Crippen LogP contribution in [0.5, 0.6) is 0 Å². The molecule has 20 heavy (non-hydrogen) atoms. The smallest absolute Gasteiger partial charge is 0.319 e. The quantitative estimate of drug-likeness (QED) is 0.920. The van der Waals surface area contributed by atoms with Gasteiger partial charge in [0.05, 0.1) is 0 Å². The molecule has 0 saturated carbocycles. The van der Waals surface area contributed by atoms with Gasteiger partial charge in [-0.05, 0) is 25.3 Å². The van der Waals surface area contributed by atoms with Crippen molar-refractivity contribution >= 4 is 6.03 Å². The minimum atomic E-state index is 0.125. The lowest BCUT2D eigenvalue weighted by atomic mass is 10.0. The molecule has 1 fully saturated rings. The van der Waals surface area contributed by atoms with E-state index < -0.39 is 0 Å². The highest BCUT2D eigenvalue weighted by molar-refractivity contribution is 5.73. The number of amides is 2. The number of carbonyl (C=O) groups excluding carboxylic acids is 1. The lowest BCUT2D eigenvalue weighted by Gasteiger charge is -2.35. The molecule has 0 aliphatic carbocycles. The van der Waals surface area contributed by atoms with Gasteiger partial charge >= 0.3 is 6.03 Å². The van der Waals surface area contributed by atoms with E-state index in [1.54, 1.807) is 4.90 Å². The third-order valence-corrected chi connectivity index (χ3v) is 3.93. The summed E-state index contributed by atoms with van der Waals surface area (Å²) in [6, 6.07) is 11.5. The molecular weight excluding hydrogens is 250 g/mol. The molecule has 0 unspecified atom stereocenters. The van der Waals surface area contributed by atoms with Gasteiger partial charge in [-0.15, -0.1) is 0 Å². The first-order chi connectivity index (χ1) is 9.58. The maximum Gasteiger partial charge on any atom is 0.319 e. The number of hydrogen-bond donors (Lipinski definition) is 1. The molecule has 1 aromatic rings. The number of nitrogens with zero attached hydrogens (tertiary/aromatic N) is 2. The van der Waals surface area contributed by atoms with Crippen LogP contribution in [0.25, 0.3) is 0 Å². The van der Waals surface area contributed by atoms with Crippen LogP contribution in [0, 0.1) is 0 Å². The fourth-order valence-electron chi connectivity index (χ4n) is 2.71. The summed E-state index contributed by atoms with van der Waals surface area (Å²) in [5, 5.41) is 3.67. The van der Waals surface area contributed by atoms with Gasteiger partial charge in [-0.3, -0.25) is 0 Å². The zero-order valence-electron chi connectivity index (χ0n) is 12.7. The van der Waals surface area contributed by atoms with Crippen LogP contribution in [0.3, 0.4) is 0 Å². The normalized spacial score (nSPS) is 17.9. The molecule has 0 spiro atoms. The highest BCUT2D eigenvalue weighted by atomic mass is 16.2. The monoisotopic (exact) mass is 275 g/mol. The van der Waals surface area contributed by atoms with Crippen LogP contribution in [0.15, 0.2) is 30.3 Å². The van der Waals surface area contributed by atoms with E-state index in [9.17, 15) is 4.79 Å². The van der Waals surface area contributed by atoms with Crippen LogP contribution in [-0.2, 0) is 0 Å². The van der Waals surface area contributed by atoms with Crippen molar-refractivity contribution < 1.29 is 4.79 Å². The predicted octanol–water partition coefficient (Wildman–Crippen LogP) is 2.48. The minimum absolute atomic E-state index is 0.125. The molecule has 1 aliphatic heterocycles. The summed E-state index contributed by atoms with van der Waals surface area (Å²) >= 11 is 0. The van der Waals surface area contributed by atoms with E-state index in [2.05, 4.69) is 36.5 Å². The minimum Gasteiger partial charge on any atom is -0.331 e. The van der Waals surface area contributed by atoms with Crippen molar-refractivity contribution in [1.82, 2.24) is 15.1 Å². The summed E-state index contributed by atoms with van der Waals surface area (Å²) < 4.78 is 0. The summed E-state index contributed by atoms with van der Waals surface area (Å²) in [5.74, 6) is 0. The number of rotatable bonds is 3. The van der Waals surface area contributed by atoms with Crippen LogP contribution >= 0.6 is 0 Å². The highest BCUT2D eigenvalue weighted by Crippen LogP contribution is 2.17. The van der Waals surface area contributed by atoms with Crippen LogP contribution < -0.4 is 5.32 Å². The Labute approximate surface area is 121 Å². The molecule has 1 heterocycles. The van der Waals surface area contributed by atoms with Crippen molar-refractivity contribution in [3.63, 3.8) is 0 Å². The summed E-state index contributed by atoms with van der Waals surface area (Å²) in [6.07, 6.45) is 2.05. The summed E-state index contributed by atoms with van der Waals surface area (Å²) in [4.78, 5) is 15.5. The molecule has 2 amide bonds. The van der Waals surface area contributed by atoms with Gasteiger partial charge in [0.15, 0.2) is 0 Å². The Bertz CT molecular complexity index is 425. The third kappa shape index (κ3) is 3.73. The van der Waals surface area contributed by atoms with E-state index in [4.69, 9.17) is 0 Å². The second-order valence-electron chi connectivity index (χ2n) is 5.74. The van der Waals surface area contributed by atoms with Gasteiger partial charge in [-0.25, -0.2) is 4.79 Å². The molecule has 1 aromatic carbocycles. The van der Waals surface area contributed by atoms with E-state index >= 15 is 0 Å². The van der Waals surface area contributed by atoms with Crippen LogP contribution in [0.4, 0.5) is 4.79 Å². The Morgan fingerprint density at radius 3 is 2.40 bits per heavy atom. The summed E-state index contributed by atoms with van der Waals surface area (Å²) in [6.45, 7) is 3.89. The number of piperidine rings is 1. The standard InChI is InChI=1S/C16H25N3O/c1-13(14-7-5-4-6-8-14)17-15-9-11-19(12-10-15)16(20)18(2)3/h4-8,13,15,17H,9-12H2,1-3H3/t13-/m0/s1. The Balaban J connectivity index is 1.81. The number of hydrogen-bond acceptors (Lipinski definition) is 2. The van der Waals surface area contributed by atoms with Crippen molar-refractivity contribution in [2.45, 2.75) is 31.8 Å². The second-order valence-corrected chi connectivity index (χ2v) is 5.74. The van der Waals surface area contributed by atoms with Gasteiger partial charge in [0, 0.05) is 39.3 Å². The second kappa shape index (κ2) is 6.75. The molecule has 4 nitrogen and oxygen atoms in total. The number of carbonyl (C=O) groups is 1. The first-order valence-corrected chi connectivity index (χ1v) is 7.35. The van der Waals surface area contributed by atoms with E-state index in [0.717, 1.165) is 25.9 Å². The predicted molar refractivity (Wildman–Crippen MR) is 81.7 cm³/mol. The SMILES string of the molecule is C[C@H](NC1CCN(C(=O)N(C)C)CC1)c1ccccc1. The van der Waals surface area contributed by atoms with E-state index in [1.807, 2.05) is 25.1 Å². The zero-order chi connectivity index (χ0) is 14.5. The maximum atomic E-state index is 11.9. The lowest BCUT2D eigenvalue weighted by Crippen LogP contribution is -2.48. The maximum absolute atomic E-state index is 11.9. The molecule has 0 radical (unpaired) electrons. The Hall–Kier alpha value is -1.55. The number of urea groups is 1. The molecule has 1 N–H and O–H groups in total. The average molecular weight is 275 g/mol. The van der Waals surface area contributed by atoms with Crippen LogP contribution in [-0.4, -0.2) is 49.1 Å². The van der Waals surface area contributed by atoms with Gasteiger partial charge in [0.25, 0.3) is 0 Å². The first-order valence-electron chi connectivity index (χ1n) is 7.35. The van der Waals surface area contributed by atoms with Gasteiger partial charge in [0.2, 0.25) is 0 Å². The fraction of sp³-hybridized carbons (Fsp3) is 0.562. The lowest BCUT2D eigenvalue weighted by molar-refractivity contribution is 0.151. The molecule has 1 saturated heterocycles. The largest absolute Gasteiger partial charge is 0.331 e. The van der Waals surface area contributed by atoms with Crippen molar-refractivity contribution in [2.75, 3.05) is 27.2 Å². The zero-order valence-corrected chi connectivity index (χ0v) is 12.7. The van der Waals surface area contributed by atoms with E-state index in [-0.39, 0.29) is 6.03 Å². The van der Waals surface area contributed by atoms with Gasteiger partial charge in [-0.2, -0.15) is 0 Å². The Morgan fingerprint density at radius 2 is 1.85 bits per heavy atom. The number of nitrogens with one attached hydrogen (secondary N) is 1. The van der Waals surface area contributed by atoms with Crippen molar-refractivity contribution in [2.24, 2.45) is 0 Å². The molecule has 0 bridgehead atoms. The summed E-state index contributed by atoms with van der Waals surface area (Å²) in [5.41, 5.74) is 1.32. The Kier molecular flexibility index (Phi) is 5.01. The molecule has 110 valence electrons. The molecule has 4 heteroatoms. The van der Waals surface area contributed by atoms with Crippen LogP contribution in [0.2, 0.25) is 0 Å². The molecule has 1 atom stereocenters. The molecular formula is C16H25N3O. The Morgan fingerprint density at radius 1 is 1.25 bits per heavy atom. The van der Waals surface area contributed by atoms with E-state index in [0.29, 0.717) is 12.1 Å². The first kappa shape index (κ1) is 14.9. The third-order valence-electron chi connectivity index (χ3n) is 3.93. The topological polar surface area (TPSA) is 35.6 Å². The van der Waals surface area contributed by atoms with Crippen molar-refractivity contribution in [3.05, 3.63) is 35.9 Å². The number of benzene rings is 1. The van der Waals surface area contributed by atoms with Gasteiger partial charge in [-0.1, -0.05) is 30.3 Å². The van der Waals surface area contributed by atoms with Crippen LogP contribution in [0.1, 0.15) is 31.4 Å². The van der Waals surface area contributed by atoms with Gasteiger partial charge < -0.3 is 15.1 Å². The van der Waals surface area contributed by atoms with Gasteiger partial charge in [0.1, 0.15) is 0 Å². The highest BCUT2D eigenvalue weighted by Gasteiger charge is 2.24. The average Bonchev–Trinajstić information content (AvgIpc) is 2.48. The molecule has 2 rings (SSSR count). The summed E-state index contributed by atoms with van der Waals surface area (Å²) in [7, 11) is 3.62. The molecule has 0 aromatic heterocycles. The van der Waals surface area contributed by atoms with Crippen molar-refractivity contribution in [1.29, 1.82) is 0 Å². The fourth-order valence-corrected chi connectivity index (χ4v) is 2.71. The molecule has 1 aliphatic rings. The van der Waals surface area contributed by atoms with Crippen molar-refractivity contribution in [3.8, 4) is 0 Å².